The number of aromatic nitrogens is 2. The lowest BCUT2D eigenvalue weighted by molar-refractivity contribution is 0.262. The zero-order valence-electron chi connectivity index (χ0n) is 10.2. The van der Waals surface area contributed by atoms with E-state index in [4.69, 9.17) is 0 Å². The lowest BCUT2D eigenvalue weighted by Crippen LogP contribution is -2.30. The number of rotatable bonds is 6. The maximum atomic E-state index is 4.17. The molecule has 0 aliphatic rings. The highest BCUT2D eigenvalue weighted by molar-refractivity contribution is 4.97. The first kappa shape index (κ1) is 12.2. The van der Waals surface area contributed by atoms with Crippen LogP contribution >= 0.6 is 0 Å². The second-order valence-electron chi connectivity index (χ2n) is 4.18. The summed E-state index contributed by atoms with van der Waals surface area (Å²) in [6.07, 6.45) is 3.83. The molecule has 0 aliphatic heterocycles. The second kappa shape index (κ2) is 5.88. The maximum Gasteiger partial charge on any atom is 0.0949 e. The minimum atomic E-state index is 0.598. The van der Waals surface area contributed by atoms with E-state index in [2.05, 4.69) is 40.7 Å². The van der Waals surface area contributed by atoms with Crippen molar-refractivity contribution < 1.29 is 0 Å². The zero-order valence-corrected chi connectivity index (χ0v) is 10.2. The third-order valence-corrected chi connectivity index (χ3v) is 2.73. The Morgan fingerprint density at radius 3 is 2.87 bits per heavy atom. The van der Waals surface area contributed by atoms with Crippen molar-refractivity contribution in [2.24, 2.45) is 0 Å². The quantitative estimate of drug-likeness (QED) is 0.758. The van der Waals surface area contributed by atoms with Crippen LogP contribution in [0.2, 0.25) is 0 Å². The Labute approximate surface area is 92.3 Å². The summed E-state index contributed by atoms with van der Waals surface area (Å²) in [7, 11) is 4.11. The van der Waals surface area contributed by atoms with E-state index in [1.54, 1.807) is 0 Å². The fraction of sp³-hybridized carbons (Fsp3) is 0.727. The van der Waals surface area contributed by atoms with Gasteiger partial charge in [0.25, 0.3) is 0 Å². The van der Waals surface area contributed by atoms with E-state index in [9.17, 15) is 0 Å². The van der Waals surface area contributed by atoms with Gasteiger partial charge in [-0.1, -0.05) is 0 Å². The molecule has 1 N–H and O–H groups in total. The van der Waals surface area contributed by atoms with Crippen molar-refractivity contribution in [2.45, 2.75) is 33.0 Å². The van der Waals surface area contributed by atoms with Crippen molar-refractivity contribution in [3.63, 3.8) is 0 Å². The van der Waals surface area contributed by atoms with Gasteiger partial charge < -0.3 is 14.8 Å². The Hall–Kier alpha value is -0.870. The maximum absolute atomic E-state index is 4.17. The van der Waals surface area contributed by atoms with Gasteiger partial charge in [0.1, 0.15) is 0 Å². The van der Waals surface area contributed by atoms with Crippen LogP contribution in [0, 0.1) is 0 Å². The van der Waals surface area contributed by atoms with Crippen LogP contribution < -0.4 is 5.32 Å². The molecule has 0 amide bonds. The minimum absolute atomic E-state index is 0.598. The third-order valence-electron chi connectivity index (χ3n) is 2.73. The predicted octanol–water partition coefficient (Wildman–Crippen LogP) is 0.943. The average Bonchev–Trinajstić information content (AvgIpc) is 2.62. The molecule has 0 radical (unpaired) electrons. The van der Waals surface area contributed by atoms with E-state index in [1.807, 2.05) is 19.6 Å². The molecule has 0 saturated heterocycles. The molecule has 0 aromatic carbocycles. The molecular formula is C11H22N4. The van der Waals surface area contributed by atoms with Crippen molar-refractivity contribution in [1.29, 1.82) is 0 Å². The Morgan fingerprint density at radius 2 is 2.27 bits per heavy atom. The summed E-state index contributed by atoms with van der Waals surface area (Å²) in [5.74, 6) is 0. The smallest absolute Gasteiger partial charge is 0.0949 e. The van der Waals surface area contributed by atoms with E-state index in [0.29, 0.717) is 6.04 Å². The van der Waals surface area contributed by atoms with Crippen molar-refractivity contribution in [1.82, 2.24) is 19.8 Å². The van der Waals surface area contributed by atoms with Crippen molar-refractivity contribution >= 4 is 0 Å². The molecule has 1 rings (SSSR count). The molecule has 0 spiro atoms. The van der Waals surface area contributed by atoms with Crippen LogP contribution in [0.25, 0.3) is 0 Å². The topological polar surface area (TPSA) is 33.1 Å². The molecule has 0 bridgehead atoms. The molecule has 0 saturated carbocycles. The molecular weight excluding hydrogens is 188 g/mol. The third kappa shape index (κ3) is 3.64. The van der Waals surface area contributed by atoms with Crippen molar-refractivity contribution in [2.75, 3.05) is 20.6 Å². The normalized spacial score (nSPS) is 11.6. The van der Waals surface area contributed by atoms with Crippen molar-refractivity contribution in [3.05, 3.63) is 18.2 Å². The van der Waals surface area contributed by atoms with Crippen LogP contribution in [0.1, 0.15) is 19.5 Å². The summed E-state index contributed by atoms with van der Waals surface area (Å²) >= 11 is 0. The SMILES string of the molecule is CNCc1cncn1CCN(C)C(C)C. The minimum Gasteiger partial charge on any atom is -0.332 e. The van der Waals surface area contributed by atoms with Crippen LogP contribution in [0.3, 0.4) is 0 Å². The Bertz CT molecular complexity index is 280. The van der Waals surface area contributed by atoms with Gasteiger partial charge in [0, 0.05) is 31.9 Å². The summed E-state index contributed by atoms with van der Waals surface area (Å²) in [5, 5.41) is 3.15. The van der Waals surface area contributed by atoms with Crippen LogP contribution in [-0.4, -0.2) is 41.1 Å². The Kier molecular flexibility index (Phi) is 4.78. The molecule has 4 heteroatoms. The number of hydrogen-bond donors (Lipinski definition) is 1. The van der Waals surface area contributed by atoms with Gasteiger partial charge in [-0.05, 0) is 27.9 Å². The fourth-order valence-corrected chi connectivity index (χ4v) is 1.40. The number of likely N-dealkylation sites (N-methyl/N-ethyl adjacent to an activating group) is 1. The van der Waals surface area contributed by atoms with E-state index in [-0.39, 0.29) is 0 Å². The highest BCUT2D eigenvalue weighted by Crippen LogP contribution is 2.00. The zero-order chi connectivity index (χ0) is 11.3. The molecule has 86 valence electrons. The van der Waals surface area contributed by atoms with Gasteiger partial charge in [0.15, 0.2) is 0 Å². The van der Waals surface area contributed by atoms with Gasteiger partial charge in [-0.25, -0.2) is 4.98 Å². The highest BCUT2D eigenvalue weighted by Gasteiger charge is 2.05. The highest BCUT2D eigenvalue weighted by atomic mass is 15.2. The summed E-state index contributed by atoms with van der Waals surface area (Å²) in [4.78, 5) is 6.50. The van der Waals surface area contributed by atoms with Gasteiger partial charge in [0.05, 0.1) is 12.0 Å². The van der Waals surface area contributed by atoms with Crippen LogP contribution in [0.15, 0.2) is 12.5 Å². The van der Waals surface area contributed by atoms with Crippen LogP contribution in [-0.2, 0) is 13.1 Å². The number of imidazole rings is 1. The molecule has 0 unspecified atom stereocenters. The molecule has 0 atom stereocenters. The summed E-state index contributed by atoms with van der Waals surface area (Å²) < 4.78 is 2.20. The molecule has 1 heterocycles. The molecule has 1 aromatic rings. The Morgan fingerprint density at radius 1 is 1.53 bits per heavy atom. The lowest BCUT2D eigenvalue weighted by atomic mass is 10.3. The summed E-state index contributed by atoms with van der Waals surface area (Å²) in [6, 6.07) is 0.598. The van der Waals surface area contributed by atoms with E-state index >= 15 is 0 Å². The molecule has 0 aliphatic carbocycles. The standard InChI is InChI=1S/C11H22N4/c1-10(2)14(4)5-6-15-9-13-8-11(15)7-12-3/h8-10,12H,5-7H2,1-4H3. The average molecular weight is 210 g/mol. The van der Waals surface area contributed by atoms with Gasteiger partial charge in [-0.15, -0.1) is 0 Å². The largest absolute Gasteiger partial charge is 0.332 e. The lowest BCUT2D eigenvalue weighted by Gasteiger charge is -2.21. The molecule has 15 heavy (non-hydrogen) atoms. The molecule has 0 fully saturated rings. The van der Waals surface area contributed by atoms with Crippen LogP contribution in [0.4, 0.5) is 0 Å². The fourth-order valence-electron chi connectivity index (χ4n) is 1.40. The van der Waals surface area contributed by atoms with E-state index in [0.717, 1.165) is 19.6 Å². The first-order valence-electron chi connectivity index (χ1n) is 5.49. The molecule has 4 nitrogen and oxygen atoms in total. The van der Waals surface area contributed by atoms with E-state index < -0.39 is 0 Å². The summed E-state index contributed by atoms with van der Waals surface area (Å²) in [5.41, 5.74) is 1.25. The van der Waals surface area contributed by atoms with Gasteiger partial charge in [-0.3, -0.25) is 0 Å². The second-order valence-corrected chi connectivity index (χ2v) is 4.18. The first-order chi connectivity index (χ1) is 7.15. The summed E-state index contributed by atoms with van der Waals surface area (Å²) in [6.45, 7) is 7.37. The molecule has 1 aromatic heterocycles. The van der Waals surface area contributed by atoms with Gasteiger partial charge >= 0.3 is 0 Å². The number of nitrogens with zero attached hydrogens (tertiary/aromatic N) is 3. The van der Waals surface area contributed by atoms with Crippen LogP contribution in [0.5, 0.6) is 0 Å². The Balaban J connectivity index is 2.46. The van der Waals surface area contributed by atoms with E-state index in [1.165, 1.54) is 5.69 Å². The number of hydrogen-bond acceptors (Lipinski definition) is 3. The first-order valence-corrected chi connectivity index (χ1v) is 5.49. The van der Waals surface area contributed by atoms with Gasteiger partial charge in [0.2, 0.25) is 0 Å². The van der Waals surface area contributed by atoms with Gasteiger partial charge in [-0.2, -0.15) is 0 Å². The van der Waals surface area contributed by atoms with Crippen molar-refractivity contribution in [3.8, 4) is 0 Å². The monoisotopic (exact) mass is 210 g/mol. The number of nitrogens with one attached hydrogen (secondary N) is 1. The predicted molar refractivity (Wildman–Crippen MR) is 62.8 cm³/mol.